The third kappa shape index (κ3) is 4.16. The molecule has 0 saturated carbocycles. The quantitative estimate of drug-likeness (QED) is 0.864. The van der Waals surface area contributed by atoms with Crippen LogP contribution in [-0.2, 0) is 4.79 Å². The molecule has 1 aromatic carbocycles. The molecule has 0 bridgehead atoms. The van der Waals surface area contributed by atoms with Gasteiger partial charge in [-0.05, 0) is 55.8 Å². The molecular weight excluding hydrogens is 373 g/mol. The number of hydrogen-bond acceptors (Lipinski definition) is 5. The highest BCUT2D eigenvalue weighted by atomic mass is 19.4. The van der Waals surface area contributed by atoms with Crippen molar-refractivity contribution in [1.29, 1.82) is 0 Å². The second-order valence-corrected chi connectivity index (χ2v) is 8.07. The molecule has 152 valence electrons. The van der Waals surface area contributed by atoms with E-state index in [0.717, 1.165) is 5.56 Å². The highest BCUT2D eigenvalue weighted by Gasteiger charge is 2.53. The number of nitrogens with zero attached hydrogens (tertiary/aromatic N) is 5. The predicted molar refractivity (Wildman–Crippen MR) is 96.9 cm³/mol. The molecule has 0 unspecified atom stereocenters. The lowest BCUT2D eigenvalue weighted by Gasteiger charge is -2.31. The highest BCUT2D eigenvalue weighted by molar-refractivity contribution is 5.94. The average Bonchev–Trinajstić information content (AvgIpc) is 3.25. The van der Waals surface area contributed by atoms with E-state index in [1.165, 1.54) is 11.0 Å². The van der Waals surface area contributed by atoms with Gasteiger partial charge in [0.1, 0.15) is 6.33 Å². The monoisotopic (exact) mass is 396 g/mol. The van der Waals surface area contributed by atoms with Gasteiger partial charge in [0.25, 0.3) is 0 Å². The Kier molecular flexibility index (Phi) is 5.18. The summed E-state index contributed by atoms with van der Waals surface area (Å²) < 4.78 is 42.1. The zero-order valence-electron chi connectivity index (χ0n) is 16.2. The molecule has 0 radical (unpaired) electrons. The zero-order chi connectivity index (χ0) is 20.7. The molecule has 1 aliphatic rings. The fraction of sp³-hybridized carbons (Fsp3) is 0.556. The van der Waals surface area contributed by atoms with Crippen LogP contribution in [0.25, 0.3) is 5.69 Å². The van der Waals surface area contributed by atoms with Gasteiger partial charge in [-0.15, -0.1) is 5.10 Å². The number of rotatable bonds is 3. The molecule has 7 nitrogen and oxygen atoms in total. The Morgan fingerprint density at radius 1 is 1.21 bits per heavy atom. The number of carbonyl (C=O) groups excluding carboxylic acids is 1. The van der Waals surface area contributed by atoms with Crippen molar-refractivity contribution in [3.8, 4) is 5.69 Å². The summed E-state index contributed by atoms with van der Waals surface area (Å²) in [5.41, 5.74) is 1.32. The normalized spacial score (nSPS) is 21.1. The van der Waals surface area contributed by atoms with Crippen molar-refractivity contribution < 1.29 is 18.0 Å². The second kappa shape index (κ2) is 7.16. The minimum Gasteiger partial charge on any atom is -0.325 e. The van der Waals surface area contributed by atoms with Crippen molar-refractivity contribution >= 4 is 11.6 Å². The third-order valence-electron chi connectivity index (χ3n) is 5.12. The van der Waals surface area contributed by atoms with Crippen LogP contribution in [0.15, 0.2) is 24.5 Å². The van der Waals surface area contributed by atoms with Crippen LogP contribution < -0.4 is 5.32 Å². The Morgan fingerprint density at radius 3 is 2.50 bits per heavy atom. The summed E-state index contributed by atoms with van der Waals surface area (Å²) in [6.45, 7) is 7.19. The van der Waals surface area contributed by atoms with Crippen molar-refractivity contribution in [3.63, 3.8) is 0 Å². The van der Waals surface area contributed by atoms with Crippen LogP contribution in [0.2, 0.25) is 0 Å². The van der Waals surface area contributed by atoms with Gasteiger partial charge in [0.05, 0.1) is 17.5 Å². The Hall–Kier alpha value is -2.49. The molecule has 2 atom stereocenters. The molecule has 0 spiro atoms. The first kappa shape index (κ1) is 20.2. The Morgan fingerprint density at radius 2 is 1.93 bits per heavy atom. The second-order valence-electron chi connectivity index (χ2n) is 8.07. The Bertz CT molecular complexity index is 844. The van der Waals surface area contributed by atoms with Gasteiger partial charge in [0.2, 0.25) is 5.91 Å². The van der Waals surface area contributed by atoms with Crippen LogP contribution >= 0.6 is 0 Å². The van der Waals surface area contributed by atoms with E-state index in [1.807, 2.05) is 20.8 Å². The fourth-order valence-corrected chi connectivity index (χ4v) is 3.34. The maximum Gasteiger partial charge on any atom is 0.393 e. The van der Waals surface area contributed by atoms with Gasteiger partial charge in [0.15, 0.2) is 0 Å². The number of amides is 1. The van der Waals surface area contributed by atoms with E-state index < -0.39 is 29.5 Å². The summed E-state index contributed by atoms with van der Waals surface area (Å²) in [7, 11) is 0. The molecule has 1 N–H and O–H groups in total. The highest BCUT2D eigenvalue weighted by Crippen LogP contribution is 2.40. The number of anilines is 1. The van der Waals surface area contributed by atoms with E-state index in [-0.39, 0.29) is 13.1 Å². The summed E-state index contributed by atoms with van der Waals surface area (Å²) in [5.74, 6) is -3.50. The summed E-state index contributed by atoms with van der Waals surface area (Å²) >= 11 is 0. The van der Waals surface area contributed by atoms with E-state index in [2.05, 4.69) is 20.8 Å². The van der Waals surface area contributed by atoms with Crippen LogP contribution in [0, 0.1) is 18.8 Å². The molecule has 1 saturated heterocycles. The number of alkyl halides is 3. The van der Waals surface area contributed by atoms with Crippen LogP contribution in [-0.4, -0.2) is 55.8 Å². The molecule has 0 aliphatic carbocycles. The van der Waals surface area contributed by atoms with Gasteiger partial charge in [0, 0.05) is 24.3 Å². The van der Waals surface area contributed by atoms with Gasteiger partial charge in [-0.3, -0.25) is 9.69 Å². The molecule has 3 rings (SSSR count). The lowest BCUT2D eigenvalue weighted by atomic mass is 9.94. The maximum atomic E-state index is 13.6. The molecule has 1 amide bonds. The molecule has 1 fully saturated rings. The zero-order valence-corrected chi connectivity index (χ0v) is 16.2. The number of nitrogens with one attached hydrogen (secondary N) is 1. The number of halogens is 3. The van der Waals surface area contributed by atoms with Gasteiger partial charge in [-0.25, -0.2) is 4.68 Å². The van der Waals surface area contributed by atoms with Gasteiger partial charge >= 0.3 is 6.18 Å². The van der Waals surface area contributed by atoms with Crippen molar-refractivity contribution in [2.75, 3.05) is 18.4 Å². The number of tetrazole rings is 1. The molecule has 1 aliphatic heterocycles. The first-order valence-electron chi connectivity index (χ1n) is 8.93. The Labute approximate surface area is 160 Å². The standard InChI is InChI=1S/C18H23F3N6O/c1-11-5-6-12(27-10-22-24-25-27)7-15(11)23-16(28)13-8-26(17(2,3)4)9-14(13)18(19,20)21/h5-7,10,13-14H,8-9H2,1-4H3,(H,23,28)/t13-,14-/m1/s1. The average molecular weight is 396 g/mol. The van der Waals surface area contributed by atoms with Crippen molar-refractivity contribution in [2.45, 2.75) is 39.4 Å². The Balaban J connectivity index is 1.84. The summed E-state index contributed by atoms with van der Waals surface area (Å²) in [6, 6.07) is 5.16. The number of benzene rings is 1. The third-order valence-corrected chi connectivity index (χ3v) is 5.12. The van der Waals surface area contributed by atoms with Gasteiger partial charge < -0.3 is 5.32 Å². The van der Waals surface area contributed by atoms with Crippen LogP contribution in [0.1, 0.15) is 26.3 Å². The number of aryl methyl sites for hydroxylation is 1. The van der Waals surface area contributed by atoms with Gasteiger partial charge in [-0.1, -0.05) is 6.07 Å². The summed E-state index contributed by atoms with van der Waals surface area (Å²) in [4.78, 5) is 14.5. The number of aromatic nitrogens is 4. The summed E-state index contributed by atoms with van der Waals surface area (Å²) in [6.07, 6.45) is -3.04. The van der Waals surface area contributed by atoms with E-state index >= 15 is 0 Å². The molecule has 2 aromatic rings. The van der Waals surface area contributed by atoms with E-state index in [0.29, 0.717) is 11.4 Å². The number of hydrogen-bond donors (Lipinski definition) is 1. The lowest BCUT2D eigenvalue weighted by molar-refractivity contribution is -0.182. The fourth-order valence-electron chi connectivity index (χ4n) is 3.34. The minimum absolute atomic E-state index is 0.0608. The minimum atomic E-state index is -4.44. The largest absolute Gasteiger partial charge is 0.393 e. The van der Waals surface area contributed by atoms with Crippen molar-refractivity contribution in [1.82, 2.24) is 25.1 Å². The first-order chi connectivity index (χ1) is 13.0. The number of likely N-dealkylation sites (tertiary alicyclic amines) is 1. The number of carbonyl (C=O) groups is 1. The summed E-state index contributed by atoms with van der Waals surface area (Å²) in [5, 5.41) is 13.6. The molecule has 28 heavy (non-hydrogen) atoms. The maximum absolute atomic E-state index is 13.6. The van der Waals surface area contributed by atoms with E-state index in [1.54, 1.807) is 30.0 Å². The lowest BCUT2D eigenvalue weighted by Crippen LogP contribution is -2.40. The molecule has 2 heterocycles. The molecule has 1 aromatic heterocycles. The van der Waals surface area contributed by atoms with Crippen molar-refractivity contribution in [2.24, 2.45) is 11.8 Å². The first-order valence-corrected chi connectivity index (χ1v) is 8.93. The van der Waals surface area contributed by atoms with Gasteiger partial charge in [-0.2, -0.15) is 13.2 Å². The van der Waals surface area contributed by atoms with Crippen LogP contribution in [0.5, 0.6) is 0 Å². The molecular formula is C18H23F3N6O. The smallest absolute Gasteiger partial charge is 0.325 e. The topological polar surface area (TPSA) is 75.9 Å². The SMILES string of the molecule is Cc1ccc(-n2cnnn2)cc1NC(=O)[C@@H]1CN(C(C)(C)C)C[C@H]1C(F)(F)F. The molecule has 10 heteroatoms. The van der Waals surface area contributed by atoms with Crippen molar-refractivity contribution in [3.05, 3.63) is 30.1 Å². The van der Waals surface area contributed by atoms with Crippen LogP contribution in [0.4, 0.5) is 18.9 Å². The predicted octanol–water partition coefficient (Wildman–Crippen LogP) is 2.82. The van der Waals surface area contributed by atoms with E-state index in [4.69, 9.17) is 0 Å². The van der Waals surface area contributed by atoms with Crippen LogP contribution in [0.3, 0.4) is 0 Å². The van der Waals surface area contributed by atoms with E-state index in [9.17, 15) is 18.0 Å².